The number of aromatic nitrogens is 3. The molecule has 2 heterocycles. The van der Waals surface area contributed by atoms with E-state index in [4.69, 9.17) is 4.74 Å². The van der Waals surface area contributed by atoms with Crippen LogP contribution < -0.4 is 9.47 Å². The van der Waals surface area contributed by atoms with Crippen molar-refractivity contribution >= 4 is 17.7 Å². The lowest BCUT2D eigenvalue weighted by Gasteiger charge is -2.21. The molecule has 0 amide bonds. The number of thioether (sulfide) groups is 1. The molecule has 25 heavy (non-hydrogen) atoms. The summed E-state index contributed by atoms with van der Waals surface area (Å²) in [5.41, 5.74) is 0. The van der Waals surface area contributed by atoms with Gasteiger partial charge in [0.2, 0.25) is 0 Å². The smallest absolute Gasteiger partial charge is 0.492 e. The molecule has 0 aliphatic carbocycles. The third kappa shape index (κ3) is 4.13. The summed E-state index contributed by atoms with van der Waals surface area (Å²) >= 11 is 1.29. The summed E-state index contributed by atoms with van der Waals surface area (Å²) < 4.78 is 46.7. The number of nitrogens with zero attached hydrogens (tertiary/aromatic N) is 4. The van der Waals surface area contributed by atoms with E-state index in [0.717, 1.165) is 12.1 Å². The molecular formula is C13H11F3N4O4S. The minimum Gasteiger partial charge on any atom is -0.492 e. The molecule has 1 aliphatic heterocycles. The second-order valence-corrected chi connectivity index (χ2v) is 7.02. The number of hydrogen-bond acceptors (Lipinski definition) is 7. The minimum absolute atomic E-state index is 0.218. The molecule has 0 saturated heterocycles. The van der Waals surface area contributed by atoms with Crippen molar-refractivity contribution in [2.75, 3.05) is 6.61 Å². The molecule has 3 rings (SSSR count). The molecule has 0 spiro atoms. The Balaban J connectivity index is 1.58. The summed E-state index contributed by atoms with van der Waals surface area (Å²) in [7, 11) is 0. The lowest BCUT2D eigenvalue weighted by atomic mass is 10.2. The van der Waals surface area contributed by atoms with Gasteiger partial charge in [0.25, 0.3) is 5.16 Å². The zero-order chi connectivity index (χ0) is 18.2. The van der Waals surface area contributed by atoms with E-state index in [9.17, 15) is 23.3 Å². The van der Waals surface area contributed by atoms with Crippen molar-refractivity contribution in [3.63, 3.8) is 0 Å². The highest BCUT2D eigenvalue weighted by Crippen LogP contribution is 2.40. The molecular weight excluding hydrogens is 365 g/mol. The van der Waals surface area contributed by atoms with Gasteiger partial charge in [0.15, 0.2) is 0 Å². The van der Waals surface area contributed by atoms with Crippen LogP contribution in [0.5, 0.6) is 11.5 Å². The van der Waals surface area contributed by atoms with Crippen LogP contribution in [0.15, 0.2) is 29.4 Å². The van der Waals surface area contributed by atoms with Gasteiger partial charge in [-0.05, 0) is 41.1 Å². The first-order valence-corrected chi connectivity index (χ1v) is 7.72. The number of ether oxygens (including phenoxy) is 2. The minimum atomic E-state index is -4.74. The van der Waals surface area contributed by atoms with Crippen molar-refractivity contribution in [1.82, 2.24) is 14.8 Å². The summed E-state index contributed by atoms with van der Waals surface area (Å²) in [5.74, 6) is -0.413. The predicted molar refractivity (Wildman–Crippen MR) is 79.6 cm³/mol. The molecule has 0 saturated carbocycles. The monoisotopic (exact) mass is 376 g/mol. The second-order valence-electron chi connectivity index (χ2n) is 5.47. The first-order chi connectivity index (χ1) is 11.6. The van der Waals surface area contributed by atoms with Gasteiger partial charge in [-0.25, -0.2) is 0 Å². The SMILES string of the molecule is CC1(COc2ccc(OC(F)(F)F)cc2)Cn2nc([N+](=O)[O-])nc2S1. The maximum Gasteiger partial charge on any atom is 0.573 e. The van der Waals surface area contributed by atoms with Crippen LogP contribution in [-0.4, -0.2) is 37.4 Å². The van der Waals surface area contributed by atoms with Crippen LogP contribution in [0.25, 0.3) is 0 Å². The Labute approximate surface area is 143 Å². The lowest BCUT2D eigenvalue weighted by Crippen LogP contribution is -2.30. The number of halogens is 3. The van der Waals surface area contributed by atoms with E-state index >= 15 is 0 Å². The number of benzene rings is 1. The standard InChI is InChI=1S/C13H11F3N4O4S/c1-12(6-19-11(25-12)17-10(18-19)20(21)22)7-23-8-2-4-9(5-3-8)24-13(14,15)16/h2-5H,6-7H2,1H3. The molecule has 12 heteroatoms. The Morgan fingerprint density at radius 1 is 1.36 bits per heavy atom. The lowest BCUT2D eigenvalue weighted by molar-refractivity contribution is -0.394. The number of rotatable bonds is 5. The van der Waals surface area contributed by atoms with Crippen molar-refractivity contribution in [2.45, 2.75) is 29.7 Å². The molecule has 1 unspecified atom stereocenters. The van der Waals surface area contributed by atoms with Crippen LogP contribution in [0.4, 0.5) is 19.1 Å². The molecule has 1 atom stereocenters. The van der Waals surface area contributed by atoms with Gasteiger partial charge in [0, 0.05) is 5.10 Å². The van der Waals surface area contributed by atoms with Crippen molar-refractivity contribution < 1.29 is 27.6 Å². The van der Waals surface area contributed by atoms with E-state index in [1.165, 1.54) is 28.6 Å². The summed E-state index contributed by atoms with van der Waals surface area (Å²) in [6.07, 6.45) is -4.74. The molecule has 1 aromatic carbocycles. The van der Waals surface area contributed by atoms with Crippen molar-refractivity contribution in [2.24, 2.45) is 0 Å². The molecule has 0 fully saturated rings. The highest BCUT2D eigenvalue weighted by atomic mass is 32.2. The first-order valence-electron chi connectivity index (χ1n) is 6.90. The zero-order valence-corrected chi connectivity index (χ0v) is 13.5. The number of fused-ring (bicyclic) bond motifs is 1. The van der Waals surface area contributed by atoms with Gasteiger partial charge < -0.3 is 19.6 Å². The van der Waals surface area contributed by atoms with Gasteiger partial charge in [0.05, 0.1) is 11.3 Å². The molecule has 0 N–H and O–H groups in total. The van der Waals surface area contributed by atoms with E-state index < -0.39 is 22.0 Å². The van der Waals surface area contributed by atoms with Crippen LogP contribution in [0.2, 0.25) is 0 Å². The summed E-state index contributed by atoms with van der Waals surface area (Å²) in [6.45, 7) is 2.46. The van der Waals surface area contributed by atoms with Crippen molar-refractivity contribution in [3.05, 3.63) is 34.4 Å². The molecule has 1 aliphatic rings. The van der Waals surface area contributed by atoms with Crippen LogP contribution >= 0.6 is 11.8 Å². The van der Waals surface area contributed by atoms with Gasteiger partial charge in [0.1, 0.15) is 18.1 Å². The largest absolute Gasteiger partial charge is 0.573 e. The Bertz CT molecular complexity index is 770. The van der Waals surface area contributed by atoms with Crippen LogP contribution in [-0.2, 0) is 6.54 Å². The Kier molecular flexibility index (Phi) is 4.22. The van der Waals surface area contributed by atoms with E-state index in [2.05, 4.69) is 14.8 Å². The normalized spacial score (nSPS) is 19.5. The molecule has 2 aromatic rings. The highest BCUT2D eigenvalue weighted by molar-refractivity contribution is 8.00. The average molecular weight is 376 g/mol. The second kappa shape index (κ2) is 6.10. The molecule has 0 bridgehead atoms. The van der Waals surface area contributed by atoms with Crippen molar-refractivity contribution in [1.29, 1.82) is 0 Å². The third-order valence-electron chi connectivity index (χ3n) is 3.21. The van der Waals surface area contributed by atoms with Gasteiger partial charge in [-0.2, -0.15) is 4.68 Å². The molecule has 8 nitrogen and oxygen atoms in total. The van der Waals surface area contributed by atoms with Crippen molar-refractivity contribution in [3.8, 4) is 11.5 Å². The van der Waals surface area contributed by atoms with E-state index in [-0.39, 0.29) is 12.4 Å². The maximum absolute atomic E-state index is 12.1. The molecule has 134 valence electrons. The third-order valence-corrected chi connectivity index (χ3v) is 4.44. The van der Waals surface area contributed by atoms with Gasteiger partial charge in [-0.3, -0.25) is 0 Å². The fourth-order valence-corrected chi connectivity index (χ4v) is 3.27. The zero-order valence-electron chi connectivity index (χ0n) is 12.7. The first kappa shape index (κ1) is 17.3. The fraction of sp³-hybridized carbons (Fsp3) is 0.385. The van der Waals surface area contributed by atoms with Gasteiger partial charge in [-0.1, -0.05) is 11.8 Å². The summed E-state index contributed by atoms with van der Waals surface area (Å²) in [4.78, 5) is 13.8. The topological polar surface area (TPSA) is 92.3 Å². The van der Waals surface area contributed by atoms with E-state index in [0.29, 0.717) is 17.5 Å². The van der Waals surface area contributed by atoms with Gasteiger partial charge >= 0.3 is 12.3 Å². The molecule has 1 aromatic heterocycles. The van der Waals surface area contributed by atoms with Crippen LogP contribution in [0.1, 0.15) is 6.92 Å². The fourth-order valence-electron chi connectivity index (χ4n) is 2.19. The highest BCUT2D eigenvalue weighted by Gasteiger charge is 2.42. The summed E-state index contributed by atoms with van der Waals surface area (Å²) in [6, 6.07) is 5.04. The maximum atomic E-state index is 12.1. The Morgan fingerprint density at radius 2 is 2.00 bits per heavy atom. The predicted octanol–water partition coefficient (Wildman–Crippen LogP) is 3.03. The number of alkyl halides is 3. The van der Waals surface area contributed by atoms with E-state index in [1.54, 1.807) is 0 Å². The average Bonchev–Trinajstić information content (AvgIpc) is 3.00. The summed E-state index contributed by atoms with van der Waals surface area (Å²) in [5, 5.41) is 14.9. The Hall–Kier alpha value is -2.50. The number of nitro groups is 1. The van der Waals surface area contributed by atoms with E-state index in [1.807, 2.05) is 6.92 Å². The Morgan fingerprint density at radius 3 is 2.56 bits per heavy atom. The molecule has 0 radical (unpaired) electrons. The quantitative estimate of drug-likeness (QED) is 0.585. The van der Waals surface area contributed by atoms with Crippen LogP contribution in [0.3, 0.4) is 0 Å². The van der Waals surface area contributed by atoms with Gasteiger partial charge in [-0.15, -0.1) is 13.2 Å². The number of hydrogen-bond donors (Lipinski definition) is 0. The van der Waals surface area contributed by atoms with Crippen LogP contribution in [0, 0.1) is 10.1 Å².